The van der Waals surface area contributed by atoms with Gasteiger partial charge in [-0.3, -0.25) is 24.0 Å². The summed E-state index contributed by atoms with van der Waals surface area (Å²) in [5, 5.41) is 14.1. The van der Waals surface area contributed by atoms with Crippen molar-refractivity contribution < 1.29 is 22.9 Å². The molecular formula is C30H36N4O6S. The topological polar surface area (TPSA) is 130 Å². The third-order valence-corrected chi connectivity index (χ3v) is 8.61. The Morgan fingerprint density at radius 1 is 0.927 bits per heavy atom. The number of nitro groups is 1. The molecular weight excluding hydrogens is 544 g/mol. The van der Waals surface area contributed by atoms with Gasteiger partial charge in [0.05, 0.1) is 15.5 Å². The molecule has 10 nitrogen and oxygen atoms in total. The lowest BCUT2D eigenvalue weighted by atomic mass is 10.1. The number of carbonyl (C=O) groups excluding carboxylic acids is 2. The number of non-ortho nitro benzene ring substituents is 1. The molecule has 0 bridgehead atoms. The molecule has 0 aromatic heterocycles. The number of hydrogen-bond donors (Lipinski definition) is 1. The lowest BCUT2D eigenvalue weighted by Crippen LogP contribution is -2.53. The predicted octanol–water partition coefficient (Wildman–Crippen LogP) is 4.82. The van der Waals surface area contributed by atoms with Crippen molar-refractivity contribution >= 4 is 33.2 Å². The Labute approximate surface area is 241 Å². The largest absolute Gasteiger partial charge is 0.352 e. The molecule has 41 heavy (non-hydrogen) atoms. The van der Waals surface area contributed by atoms with Crippen molar-refractivity contribution in [2.45, 2.75) is 64.1 Å². The third-order valence-electron chi connectivity index (χ3n) is 6.82. The quantitative estimate of drug-likeness (QED) is 0.228. The van der Waals surface area contributed by atoms with E-state index in [1.54, 1.807) is 25.1 Å². The first kappa shape index (κ1) is 31.3. The zero-order chi connectivity index (χ0) is 30.2. The molecule has 0 aliphatic heterocycles. The Morgan fingerprint density at radius 3 is 2.07 bits per heavy atom. The fraction of sp³-hybridized carbons (Fsp3) is 0.333. The summed E-state index contributed by atoms with van der Waals surface area (Å²) in [7, 11) is -4.25. The number of benzene rings is 3. The summed E-state index contributed by atoms with van der Waals surface area (Å²) >= 11 is 0. The van der Waals surface area contributed by atoms with Crippen LogP contribution in [-0.2, 0) is 26.2 Å². The van der Waals surface area contributed by atoms with Crippen LogP contribution in [0.3, 0.4) is 0 Å². The lowest BCUT2D eigenvalue weighted by molar-refractivity contribution is -0.384. The van der Waals surface area contributed by atoms with Gasteiger partial charge in [-0.2, -0.15) is 0 Å². The second kappa shape index (κ2) is 13.9. The average Bonchev–Trinajstić information content (AvgIpc) is 2.97. The van der Waals surface area contributed by atoms with E-state index >= 15 is 0 Å². The highest BCUT2D eigenvalue weighted by Gasteiger charge is 2.34. The van der Waals surface area contributed by atoms with Crippen LogP contribution in [0.4, 0.5) is 11.4 Å². The van der Waals surface area contributed by atoms with Crippen LogP contribution in [0.25, 0.3) is 0 Å². The molecule has 2 atom stereocenters. The SMILES string of the molecule is CC[C@H](C(=O)N[C@@H](C)CC)N(Cc1ccc(C)cc1)C(=O)CN(c1ccc([N+](=O)[O-])cc1)S(=O)(=O)c1ccccc1. The highest BCUT2D eigenvalue weighted by Crippen LogP contribution is 2.26. The van der Waals surface area contributed by atoms with Crippen LogP contribution in [0.5, 0.6) is 0 Å². The molecule has 218 valence electrons. The Morgan fingerprint density at radius 2 is 1.54 bits per heavy atom. The number of carbonyl (C=O) groups is 2. The van der Waals surface area contributed by atoms with E-state index in [4.69, 9.17) is 0 Å². The van der Waals surface area contributed by atoms with Crippen LogP contribution in [0.2, 0.25) is 0 Å². The first-order valence-electron chi connectivity index (χ1n) is 13.5. The molecule has 1 N–H and O–H groups in total. The number of sulfonamides is 1. The fourth-order valence-electron chi connectivity index (χ4n) is 4.24. The summed E-state index contributed by atoms with van der Waals surface area (Å²) in [5.74, 6) is -0.912. The van der Waals surface area contributed by atoms with Gasteiger partial charge in [0.25, 0.3) is 15.7 Å². The summed E-state index contributed by atoms with van der Waals surface area (Å²) in [6.45, 7) is 7.03. The summed E-state index contributed by atoms with van der Waals surface area (Å²) in [4.78, 5) is 39.3. The third kappa shape index (κ3) is 7.91. The minimum absolute atomic E-state index is 0.0437. The van der Waals surface area contributed by atoms with Gasteiger partial charge in [-0.1, -0.05) is 61.9 Å². The fourth-order valence-corrected chi connectivity index (χ4v) is 5.68. The summed E-state index contributed by atoms with van der Waals surface area (Å²) in [6, 6.07) is 19.2. The number of nitro benzene ring substituents is 1. The molecule has 0 spiro atoms. The number of amides is 2. The number of aryl methyl sites for hydroxylation is 1. The van der Waals surface area contributed by atoms with Crippen molar-refractivity contribution in [2.75, 3.05) is 10.8 Å². The first-order chi connectivity index (χ1) is 19.5. The van der Waals surface area contributed by atoms with E-state index in [0.29, 0.717) is 12.8 Å². The number of rotatable bonds is 13. The van der Waals surface area contributed by atoms with E-state index in [2.05, 4.69) is 5.32 Å². The smallest absolute Gasteiger partial charge is 0.269 e. The molecule has 0 fully saturated rings. The maximum Gasteiger partial charge on any atom is 0.269 e. The molecule has 0 heterocycles. The summed E-state index contributed by atoms with van der Waals surface area (Å²) in [5.41, 5.74) is 1.68. The summed E-state index contributed by atoms with van der Waals surface area (Å²) in [6.07, 6.45) is 1.01. The number of nitrogens with one attached hydrogen (secondary N) is 1. The Bertz CT molecular complexity index is 1440. The highest BCUT2D eigenvalue weighted by molar-refractivity contribution is 7.92. The second-order valence-electron chi connectivity index (χ2n) is 9.85. The van der Waals surface area contributed by atoms with Crippen molar-refractivity contribution in [2.24, 2.45) is 0 Å². The van der Waals surface area contributed by atoms with Crippen LogP contribution < -0.4 is 9.62 Å². The molecule has 0 saturated heterocycles. The molecule has 3 rings (SSSR count). The van der Waals surface area contributed by atoms with E-state index < -0.39 is 33.4 Å². The molecule has 0 aliphatic rings. The molecule has 3 aromatic carbocycles. The minimum Gasteiger partial charge on any atom is -0.352 e. The Hall–Kier alpha value is -4.25. The highest BCUT2D eigenvalue weighted by atomic mass is 32.2. The van der Waals surface area contributed by atoms with Gasteiger partial charge in [-0.05, 0) is 56.5 Å². The van der Waals surface area contributed by atoms with Gasteiger partial charge >= 0.3 is 0 Å². The number of hydrogen-bond acceptors (Lipinski definition) is 6. The molecule has 0 radical (unpaired) electrons. The molecule has 0 unspecified atom stereocenters. The number of nitrogens with zero attached hydrogens (tertiary/aromatic N) is 3. The monoisotopic (exact) mass is 580 g/mol. The normalized spacial score (nSPS) is 12.7. The average molecular weight is 581 g/mol. The number of anilines is 1. The molecule has 3 aromatic rings. The second-order valence-corrected chi connectivity index (χ2v) is 11.7. The Kier molecular flexibility index (Phi) is 10.6. The van der Waals surface area contributed by atoms with Gasteiger partial charge in [0.2, 0.25) is 11.8 Å². The maximum atomic E-state index is 14.0. The zero-order valence-electron chi connectivity index (χ0n) is 23.7. The molecule has 2 amide bonds. The molecule has 0 aliphatic carbocycles. The van der Waals surface area contributed by atoms with Crippen LogP contribution >= 0.6 is 0 Å². The van der Waals surface area contributed by atoms with Crippen LogP contribution in [0.1, 0.15) is 44.7 Å². The van der Waals surface area contributed by atoms with Crippen molar-refractivity contribution in [3.05, 3.63) is 100 Å². The maximum absolute atomic E-state index is 14.0. The van der Waals surface area contributed by atoms with Gasteiger partial charge in [0, 0.05) is 24.7 Å². The predicted molar refractivity (Wildman–Crippen MR) is 158 cm³/mol. The van der Waals surface area contributed by atoms with Gasteiger partial charge in [0.15, 0.2) is 0 Å². The van der Waals surface area contributed by atoms with E-state index in [0.717, 1.165) is 15.4 Å². The van der Waals surface area contributed by atoms with E-state index in [1.165, 1.54) is 41.3 Å². The van der Waals surface area contributed by atoms with Crippen LogP contribution in [-0.4, -0.2) is 48.7 Å². The van der Waals surface area contributed by atoms with Crippen molar-refractivity contribution in [3.63, 3.8) is 0 Å². The minimum atomic E-state index is -4.25. The van der Waals surface area contributed by atoms with Crippen molar-refractivity contribution in [3.8, 4) is 0 Å². The summed E-state index contributed by atoms with van der Waals surface area (Å²) < 4.78 is 28.5. The van der Waals surface area contributed by atoms with Gasteiger partial charge < -0.3 is 10.2 Å². The van der Waals surface area contributed by atoms with Gasteiger partial charge in [-0.25, -0.2) is 8.42 Å². The lowest BCUT2D eigenvalue weighted by Gasteiger charge is -2.33. The standard InChI is InChI=1S/C30H36N4O6S/c1-5-23(4)31-30(36)28(6-2)32(20-24-14-12-22(3)13-15-24)29(35)21-33(25-16-18-26(19-17-25)34(37)38)41(39,40)27-10-8-7-9-11-27/h7-19,23,28H,5-6,20-21H2,1-4H3,(H,31,36)/t23-,28+/m0/s1. The Balaban J connectivity index is 2.06. The first-order valence-corrected chi connectivity index (χ1v) is 14.9. The molecule has 11 heteroatoms. The van der Waals surface area contributed by atoms with Gasteiger partial charge in [-0.15, -0.1) is 0 Å². The van der Waals surface area contributed by atoms with Crippen molar-refractivity contribution in [1.82, 2.24) is 10.2 Å². The van der Waals surface area contributed by atoms with E-state index in [9.17, 15) is 28.1 Å². The van der Waals surface area contributed by atoms with Crippen molar-refractivity contribution in [1.29, 1.82) is 0 Å². The van der Waals surface area contributed by atoms with Gasteiger partial charge in [0.1, 0.15) is 12.6 Å². The van der Waals surface area contributed by atoms with Crippen LogP contribution in [0.15, 0.2) is 83.8 Å². The van der Waals surface area contributed by atoms with E-state index in [-0.39, 0.29) is 34.8 Å². The molecule has 0 saturated carbocycles. The van der Waals surface area contributed by atoms with Crippen LogP contribution in [0, 0.1) is 17.0 Å². The zero-order valence-corrected chi connectivity index (χ0v) is 24.5. The van der Waals surface area contributed by atoms with E-state index in [1.807, 2.05) is 45.0 Å².